The van der Waals surface area contributed by atoms with Crippen LogP contribution in [-0.2, 0) is 0 Å². The molecule has 212 valence electrons. The number of methoxy groups -OCH3 is 2. The molecule has 42 heavy (non-hydrogen) atoms. The summed E-state index contributed by atoms with van der Waals surface area (Å²) in [6.45, 7) is 0. The fraction of sp³-hybridized carbons (Fsp3) is 0.0625. The van der Waals surface area contributed by atoms with Gasteiger partial charge in [-0.15, -0.1) is 0 Å². The van der Waals surface area contributed by atoms with Crippen LogP contribution in [0.4, 0.5) is 0 Å². The number of hydrogen-bond acceptors (Lipinski definition) is 6. The van der Waals surface area contributed by atoms with Crippen molar-refractivity contribution in [3.8, 4) is 33.8 Å². The molecule has 0 spiro atoms. The molecule has 6 rings (SSSR count). The van der Waals surface area contributed by atoms with Gasteiger partial charge in [0.2, 0.25) is 0 Å². The van der Waals surface area contributed by atoms with Gasteiger partial charge in [0.05, 0.1) is 29.8 Å². The predicted molar refractivity (Wildman–Crippen MR) is 174 cm³/mol. The maximum atomic E-state index is 12.2. The minimum atomic E-state index is -0.458. The van der Waals surface area contributed by atoms with Crippen molar-refractivity contribution >= 4 is 80.6 Å². The third kappa shape index (κ3) is 6.43. The van der Waals surface area contributed by atoms with Crippen LogP contribution in [0.5, 0.6) is 11.5 Å². The molecule has 0 aliphatic carbocycles. The molecular formula is C32H20Cl4O5S. The normalized spacial score (nSPS) is 10.8. The van der Waals surface area contributed by atoms with E-state index in [-0.39, 0.29) is 0 Å². The molecule has 2 heterocycles. The summed E-state index contributed by atoms with van der Waals surface area (Å²) < 4.78 is 21.7. The lowest BCUT2D eigenvalue weighted by Gasteiger charge is -2.07. The smallest absolute Gasteiger partial charge is 0.344 e. The highest BCUT2D eigenvalue weighted by Gasteiger charge is 2.13. The van der Waals surface area contributed by atoms with Gasteiger partial charge in [0.1, 0.15) is 22.7 Å². The van der Waals surface area contributed by atoms with Crippen LogP contribution < -0.4 is 15.1 Å². The Hall–Kier alpha value is -3.52. The van der Waals surface area contributed by atoms with E-state index in [0.717, 1.165) is 27.6 Å². The SMILES string of the molecule is COc1ccc2cc(-c3ccc(Cl)cc3Cl)c(=O)oc2c1.COc1ccc2cc(-c3ccc(Cl)cc3Cl)c(=S)oc2c1. The molecule has 10 heteroatoms. The van der Waals surface area contributed by atoms with Crippen LogP contribution in [0.3, 0.4) is 0 Å². The Morgan fingerprint density at radius 1 is 0.571 bits per heavy atom. The molecule has 0 aliphatic heterocycles. The average molecular weight is 658 g/mol. The second-order valence-corrected chi connectivity index (χ2v) is 11.0. The highest BCUT2D eigenvalue weighted by atomic mass is 35.5. The van der Waals surface area contributed by atoms with Gasteiger partial charge >= 0.3 is 5.63 Å². The van der Waals surface area contributed by atoms with Gasteiger partial charge in [-0.25, -0.2) is 4.79 Å². The molecular weight excluding hydrogens is 638 g/mol. The second kappa shape index (κ2) is 12.8. The second-order valence-electron chi connectivity index (χ2n) is 8.95. The van der Waals surface area contributed by atoms with E-state index in [2.05, 4.69) is 0 Å². The molecule has 0 saturated heterocycles. The van der Waals surface area contributed by atoms with E-state index < -0.39 is 5.63 Å². The minimum Gasteiger partial charge on any atom is -0.497 e. The maximum absolute atomic E-state index is 12.2. The van der Waals surface area contributed by atoms with Crippen molar-refractivity contribution in [1.29, 1.82) is 0 Å². The summed E-state index contributed by atoms with van der Waals surface area (Å²) in [6.07, 6.45) is 0. The van der Waals surface area contributed by atoms with Crippen molar-refractivity contribution in [1.82, 2.24) is 0 Å². The Labute approximate surface area is 265 Å². The summed E-state index contributed by atoms with van der Waals surface area (Å²) in [6, 6.07) is 24.9. The first-order valence-electron chi connectivity index (χ1n) is 12.3. The Kier molecular flexibility index (Phi) is 9.11. The quantitative estimate of drug-likeness (QED) is 0.139. The lowest BCUT2D eigenvalue weighted by atomic mass is 10.1. The van der Waals surface area contributed by atoms with Gasteiger partial charge in [-0.2, -0.15) is 0 Å². The molecule has 0 amide bonds. The van der Waals surface area contributed by atoms with Crippen molar-refractivity contribution in [3.05, 3.63) is 120 Å². The molecule has 5 nitrogen and oxygen atoms in total. The van der Waals surface area contributed by atoms with Crippen LogP contribution in [0.1, 0.15) is 0 Å². The first-order chi connectivity index (χ1) is 20.2. The van der Waals surface area contributed by atoms with Crippen LogP contribution in [0.2, 0.25) is 20.1 Å². The van der Waals surface area contributed by atoms with Gasteiger partial charge in [-0.1, -0.05) is 58.5 Å². The van der Waals surface area contributed by atoms with Gasteiger partial charge < -0.3 is 18.3 Å². The molecule has 0 fully saturated rings. The summed E-state index contributed by atoms with van der Waals surface area (Å²) in [4.78, 5) is 12.2. The van der Waals surface area contributed by atoms with Crippen LogP contribution >= 0.6 is 58.6 Å². The largest absolute Gasteiger partial charge is 0.497 e. The highest BCUT2D eigenvalue weighted by Crippen LogP contribution is 2.34. The monoisotopic (exact) mass is 656 g/mol. The number of benzene rings is 4. The first kappa shape index (κ1) is 30.0. The third-order valence-corrected chi connectivity index (χ3v) is 7.73. The fourth-order valence-electron chi connectivity index (χ4n) is 4.23. The van der Waals surface area contributed by atoms with Gasteiger partial charge in [0.25, 0.3) is 0 Å². The van der Waals surface area contributed by atoms with E-state index >= 15 is 0 Å². The minimum absolute atomic E-state index is 0.375. The first-order valence-corrected chi connectivity index (χ1v) is 14.2. The summed E-state index contributed by atoms with van der Waals surface area (Å²) in [5.41, 5.74) is 3.24. The average Bonchev–Trinajstić information content (AvgIpc) is 2.97. The molecule has 2 aromatic heterocycles. The number of hydrogen-bond donors (Lipinski definition) is 0. The summed E-state index contributed by atoms with van der Waals surface area (Å²) in [7, 11) is 3.17. The molecule has 4 aromatic carbocycles. The summed E-state index contributed by atoms with van der Waals surface area (Å²) >= 11 is 29.5. The van der Waals surface area contributed by atoms with Crippen LogP contribution in [0, 0.1) is 4.71 Å². The molecule has 0 aliphatic rings. The van der Waals surface area contributed by atoms with Gasteiger partial charge in [-0.05, 0) is 72.9 Å². The molecule has 0 atom stereocenters. The number of rotatable bonds is 4. The van der Waals surface area contributed by atoms with E-state index in [1.54, 1.807) is 68.8 Å². The zero-order chi connectivity index (χ0) is 30.0. The summed E-state index contributed by atoms with van der Waals surface area (Å²) in [5, 5.41) is 3.75. The van der Waals surface area contributed by atoms with Crippen molar-refractivity contribution in [2.75, 3.05) is 14.2 Å². The van der Waals surface area contributed by atoms with Crippen LogP contribution in [0.15, 0.2) is 98.6 Å². The Morgan fingerprint density at radius 3 is 1.55 bits per heavy atom. The highest BCUT2D eigenvalue weighted by molar-refractivity contribution is 7.71. The van der Waals surface area contributed by atoms with Crippen molar-refractivity contribution in [2.24, 2.45) is 0 Å². The zero-order valence-electron chi connectivity index (χ0n) is 22.0. The Balaban J connectivity index is 0.000000168. The van der Waals surface area contributed by atoms with E-state index in [1.165, 1.54) is 0 Å². The van der Waals surface area contributed by atoms with E-state index in [1.807, 2.05) is 30.3 Å². The number of fused-ring (bicyclic) bond motifs is 2. The van der Waals surface area contributed by atoms with Crippen molar-refractivity contribution in [2.45, 2.75) is 0 Å². The molecule has 0 bridgehead atoms. The van der Waals surface area contributed by atoms with Crippen molar-refractivity contribution in [3.63, 3.8) is 0 Å². The van der Waals surface area contributed by atoms with E-state index in [4.69, 9.17) is 76.9 Å². The van der Waals surface area contributed by atoms with Crippen LogP contribution in [0.25, 0.3) is 44.2 Å². The topological polar surface area (TPSA) is 61.8 Å². The zero-order valence-corrected chi connectivity index (χ0v) is 25.9. The van der Waals surface area contributed by atoms with Gasteiger partial charge in [0, 0.05) is 49.6 Å². The molecule has 0 unspecified atom stereocenters. The predicted octanol–water partition coefficient (Wildman–Crippen LogP) is 10.9. The van der Waals surface area contributed by atoms with Gasteiger partial charge in [-0.3, -0.25) is 0 Å². The molecule has 0 N–H and O–H groups in total. The lowest BCUT2D eigenvalue weighted by Crippen LogP contribution is -2.03. The number of halogens is 4. The Morgan fingerprint density at radius 2 is 1.05 bits per heavy atom. The standard InChI is InChI=1S/C16H10Cl2O3.C16H10Cl2O2S/c1-20-11-4-2-9-6-13(16(19)21-15(9)8-11)12-5-3-10(17)7-14(12)18;1-19-11-4-2-9-6-13(16(21)20-15(9)8-11)12-5-3-10(17)7-14(12)18/h2*2-8H,1H3. The molecule has 6 aromatic rings. The molecule has 0 saturated carbocycles. The Bertz CT molecular complexity index is 1920. The van der Waals surface area contributed by atoms with Gasteiger partial charge in [0.15, 0.2) is 4.71 Å². The van der Waals surface area contributed by atoms with E-state index in [0.29, 0.717) is 52.8 Å². The maximum Gasteiger partial charge on any atom is 0.344 e. The van der Waals surface area contributed by atoms with Crippen molar-refractivity contribution < 1.29 is 18.3 Å². The number of ether oxygens (including phenoxy) is 2. The summed E-state index contributed by atoms with van der Waals surface area (Å²) in [5.74, 6) is 1.35. The van der Waals surface area contributed by atoms with E-state index in [9.17, 15) is 4.79 Å². The molecule has 0 radical (unpaired) electrons. The third-order valence-electron chi connectivity index (χ3n) is 6.33. The van der Waals surface area contributed by atoms with Crippen LogP contribution in [-0.4, -0.2) is 14.2 Å². The fourth-order valence-corrected chi connectivity index (χ4v) is 5.51. The lowest BCUT2D eigenvalue weighted by molar-refractivity contribution is 0.414.